The normalized spacial score (nSPS) is 10.8. The third kappa shape index (κ3) is 5.12. The van der Waals surface area contributed by atoms with Crippen LogP contribution in [0, 0.1) is 17.0 Å². The number of nitro benzene ring substituents is 1. The van der Waals surface area contributed by atoms with Crippen molar-refractivity contribution in [1.29, 1.82) is 0 Å². The number of rotatable bonds is 6. The number of hydrogen-bond acceptors (Lipinski definition) is 5. The second kappa shape index (κ2) is 7.67. The molecule has 122 valence electrons. The average Bonchev–Trinajstić information content (AvgIpc) is 2.85. The molecule has 23 heavy (non-hydrogen) atoms. The lowest BCUT2D eigenvalue weighted by Gasteiger charge is -2.16. The van der Waals surface area contributed by atoms with Gasteiger partial charge in [0.2, 0.25) is 5.91 Å². The summed E-state index contributed by atoms with van der Waals surface area (Å²) in [6, 6.07) is 8.41. The minimum Gasteiger partial charge on any atom is -0.324 e. The molecule has 1 amide bonds. The van der Waals surface area contributed by atoms with Gasteiger partial charge >= 0.3 is 0 Å². The number of non-ortho nitro benzene ring substituents is 1. The number of hydrogen-bond donors (Lipinski definition) is 1. The number of amides is 1. The molecule has 8 heteroatoms. The fourth-order valence-corrected chi connectivity index (χ4v) is 3.62. The lowest BCUT2D eigenvalue weighted by molar-refractivity contribution is -0.384. The minimum atomic E-state index is -0.476. The van der Waals surface area contributed by atoms with Crippen molar-refractivity contribution in [2.24, 2.45) is 0 Å². The van der Waals surface area contributed by atoms with Gasteiger partial charge in [0.15, 0.2) is 0 Å². The van der Waals surface area contributed by atoms with Crippen molar-refractivity contribution in [1.82, 2.24) is 4.90 Å². The summed E-state index contributed by atoms with van der Waals surface area (Å²) in [4.78, 5) is 25.5. The molecule has 6 nitrogen and oxygen atoms in total. The molecule has 0 unspecified atom stereocenters. The Bertz CT molecular complexity index is 733. The monoisotopic (exact) mass is 397 g/mol. The molecule has 0 saturated heterocycles. The molecule has 0 aliphatic carbocycles. The van der Waals surface area contributed by atoms with Gasteiger partial charge in [0.1, 0.15) is 0 Å². The molecule has 2 aromatic rings. The highest BCUT2D eigenvalue weighted by Crippen LogP contribution is 2.23. The first-order valence-electron chi connectivity index (χ1n) is 6.83. The minimum absolute atomic E-state index is 0.0392. The standard InChI is InChI=1S/C15H16BrN3O3S/c1-10-3-4-11(19(21)22)7-13(10)17-15(20)9-18(2)8-12-5-6-14(16)23-12/h3-7H,8-9H2,1-2H3,(H,17,20). The number of anilines is 1. The number of nitrogens with one attached hydrogen (secondary N) is 1. The predicted octanol–water partition coefficient (Wildman–Crippen LogP) is 3.80. The summed E-state index contributed by atoms with van der Waals surface area (Å²) in [6.45, 7) is 2.67. The smallest absolute Gasteiger partial charge is 0.271 e. The molecular weight excluding hydrogens is 382 g/mol. The molecule has 1 aromatic carbocycles. The van der Waals surface area contributed by atoms with Crippen molar-refractivity contribution in [3.63, 3.8) is 0 Å². The van der Waals surface area contributed by atoms with E-state index in [-0.39, 0.29) is 18.1 Å². The Morgan fingerprint density at radius 1 is 1.39 bits per heavy atom. The van der Waals surface area contributed by atoms with Crippen molar-refractivity contribution in [2.45, 2.75) is 13.5 Å². The van der Waals surface area contributed by atoms with Gasteiger partial charge in [0.25, 0.3) is 5.69 Å². The van der Waals surface area contributed by atoms with Gasteiger partial charge in [-0.05, 0) is 47.6 Å². The Balaban J connectivity index is 1.96. The van der Waals surface area contributed by atoms with Crippen LogP contribution in [0.4, 0.5) is 11.4 Å². The number of halogens is 1. The van der Waals surface area contributed by atoms with Gasteiger partial charge in [-0.15, -0.1) is 11.3 Å². The van der Waals surface area contributed by atoms with Crippen LogP contribution >= 0.6 is 27.3 Å². The van der Waals surface area contributed by atoms with Crippen molar-refractivity contribution in [2.75, 3.05) is 18.9 Å². The fraction of sp³-hybridized carbons (Fsp3) is 0.267. The van der Waals surface area contributed by atoms with E-state index < -0.39 is 4.92 Å². The first-order valence-corrected chi connectivity index (χ1v) is 8.44. The number of nitro groups is 1. The molecule has 1 aromatic heterocycles. The molecule has 0 aliphatic rings. The van der Waals surface area contributed by atoms with E-state index in [0.29, 0.717) is 12.2 Å². The largest absolute Gasteiger partial charge is 0.324 e. The van der Waals surface area contributed by atoms with E-state index in [1.165, 1.54) is 12.1 Å². The van der Waals surface area contributed by atoms with E-state index in [4.69, 9.17) is 0 Å². The van der Waals surface area contributed by atoms with Crippen LogP contribution in [0.1, 0.15) is 10.4 Å². The van der Waals surface area contributed by atoms with Crippen LogP contribution in [-0.4, -0.2) is 29.3 Å². The molecule has 0 radical (unpaired) electrons. The van der Waals surface area contributed by atoms with Crippen LogP contribution in [0.15, 0.2) is 34.1 Å². The molecule has 0 atom stereocenters. The van der Waals surface area contributed by atoms with E-state index in [1.807, 2.05) is 24.1 Å². The summed E-state index contributed by atoms with van der Waals surface area (Å²) >= 11 is 5.03. The number of nitrogens with zero attached hydrogens (tertiary/aromatic N) is 2. The zero-order valence-corrected chi connectivity index (χ0v) is 15.1. The van der Waals surface area contributed by atoms with E-state index >= 15 is 0 Å². The Morgan fingerprint density at radius 2 is 2.13 bits per heavy atom. The summed E-state index contributed by atoms with van der Waals surface area (Å²) in [5, 5.41) is 13.6. The Kier molecular flexibility index (Phi) is 5.86. The number of thiophene rings is 1. The summed E-state index contributed by atoms with van der Waals surface area (Å²) in [5.74, 6) is -0.202. The molecule has 1 N–H and O–H groups in total. The van der Waals surface area contributed by atoms with E-state index in [0.717, 1.165) is 14.2 Å². The second-order valence-electron chi connectivity index (χ2n) is 5.18. The molecule has 0 aliphatic heterocycles. The van der Waals surface area contributed by atoms with Crippen LogP contribution in [0.3, 0.4) is 0 Å². The van der Waals surface area contributed by atoms with Gasteiger partial charge in [0, 0.05) is 23.6 Å². The summed E-state index contributed by atoms with van der Waals surface area (Å²) in [7, 11) is 1.85. The fourth-order valence-electron chi connectivity index (χ4n) is 2.05. The number of likely N-dealkylation sites (N-methyl/N-ethyl adjacent to an activating group) is 1. The lowest BCUT2D eigenvalue weighted by Crippen LogP contribution is -2.29. The van der Waals surface area contributed by atoms with Gasteiger partial charge in [-0.2, -0.15) is 0 Å². The van der Waals surface area contributed by atoms with E-state index in [9.17, 15) is 14.9 Å². The molecule has 0 bridgehead atoms. The van der Waals surface area contributed by atoms with Crippen LogP contribution in [0.25, 0.3) is 0 Å². The van der Waals surface area contributed by atoms with Crippen molar-refractivity contribution in [3.05, 3.63) is 54.7 Å². The highest BCUT2D eigenvalue weighted by molar-refractivity contribution is 9.11. The number of benzene rings is 1. The third-order valence-corrected chi connectivity index (χ3v) is 4.78. The first-order chi connectivity index (χ1) is 10.8. The van der Waals surface area contributed by atoms with Gasteiger partial charge in [-0.3, -0.25) is 19.8 Å². The molecule has 2 rings (SSSR count). The van der Waals surface area contributed by atoms with E-state index in [1.54, 1.807) is 24.3 Å². The summed E-state index contributed by atoms with van der Waals surface area (Å²) in [5.41, 5.74) is 1.22. The zero-order valence-electron chi connectivity index (χ0n) is 12.7. The van der Waals surface area contributed by atoms with Gasteiger partial charge in [0.05, 0.1) is 20.9 Å². The number of aryl methyl sites for hydroxylation is 1. The highest BCUT2D eigenvalue weighted by atomic mass is 79.9. The Labute approximate surface area is 146 Å². The average molecular weight is 398 g/mol. The first kappa shape index (κ1) is 17.6. The number of carbonyl (C=O) groups excluding carboxylic acids is 1. The van der Waals surface area contributed by atoms with Gasteiger partial charge in [-0.1, -0.05) is 6.07 Å². The summed E-state index contributed by atoms with van der Waals surface area (Å²) < 4.78 is 1.05. The maximum absolute atomic E-state index is 12.1. The number of carbonyl (C=O) groups is 1. The predicted molar refractivity (Wildman–Crippen MR) is 94.8 cm³/mol. The molecule has 1 heterocycles. The SMILES string of the molecule is Cc1ccc([N+](=O)[O-])cc1NC(=O)CN(C)Cc1ccc(Br)s1. The zero-order chi connectivity index (χ0) is 17.0. The third-order valence-electron chi connectivity index (χ3n) is 3.17. The maximum atomic E-state index is 12.1. The topological polar surface area (TPSA) is 75.5 Å². The van der Waals surface area contributed by atoms with Crippen LogP contribution in [0.2, 0.25) is 0 Å². The van der Waals surface area contributed by atoms with Crippen LogP contribution in [0.5, 0.6) is 0 Å². The maximum Gasteiger partial charge on any atom is 0.271 e. The Morgan fingerprint density at radius 3 is 2.74 bits per heavy atom. The molecular formula is C15H16BrN3O3S. The second-order valence-corrected chi connectivity index (χ2v) is 7.73. The summed E-state index contributed by atoms with van der Waals surface area (Å²) in [6.07, 6.45) is 0. The Hall–Kier alpha value is -1.77. The van der Waals surface area contributed by atoms with Crippen molar-refractivity contribution in [3.8, 4) is 0 Å². The van der Waals surface area contributed by atoms with Crippen LogP contribution < -0.4 is 5.32 Å². The van der Waals surface area contributed by atoms with Crippen LogP contribution in [-0.2, 0) is 11.3 Å². The molecule has 0 saturated carbocycles. The van der Waals surface area contributed by atoms with Gasteiger partial charge < -0.3 is 5.32 Å². The molecule has 0 spiro atoms. The highest BCUT2D eigenvalue weighted by Gasteiger charge is 2.13. The quantitative estimate of drug-likeness (QED) is 0.593. The van der Waals surface area contributed by atoms with Crippen molar-refractivity contribution < 1.29 is 9.72 Å². The van der Waals surface area contributed by atoms with E-state index in [2.05, 4.69) is 21.2 Å². The molecule has 0 fully saturated rings. The van der Waals surface area contributed by atoms with Crippen molar-refractivity contribution >= 4 is 44.5 Å². The van der Waals surface area contributed by atoms with Gasteiger partial charge in [-0.25, -0.2) is 0 Å². The lowest BCUT2D eigenvalue weighted by atomic mass is 10.2.